The molecule has 0 unspecified atom stereocenters. The highest BCUT2D eigenvalue weighted by atomic mass is 15.2. The van der Waals surface area contributed by atoms with Gasteiger partial charge in [-0.15, -0.1) is 0 Å². The zero-order valence-electron chi connectivity index (χ0n) is 12.3. The van der Waals surface area contributed by atoms with Crippen LogP contribution in [0.15, 0.2) is 30.5 Å². The van der Waals surface area contributed by atoms with Crippen LogP contribution >= 0.6 is 0 Å². The van der Waals surface area contributed by atoms with Crippen molar-refractivity contribution in [3.05, 3.63) is 41.7 Å². The monoisotopic (exact) mass is 280 g/mol. The van der Waals surface area contributed by atoms with Gasteiger partial charge >= 0.3 is 0 Å². The zero-order valence-corrected chi connectivity index (χ0v) is 12.3. The van der Waals surface area contributed by atoms with E-state index < -0.39 is 0 Å². The van der Waals surface area contributed by atoms with Gasteiger partial charge in [-0.3, -0.25) is 10.00 Å². The third-order valence-corrected chi connectivity index (χ3v) is 4.40. The van der Waals surface area contributed by atoms with Crippen molar-refractivity contribution >= 4 is 10.9 Å². The molecule has 4 nitrogen and oxygen atoms in total. The van der Waals surface area contributed by atoms with E-state index in [1.165, 1.54) is 34.1 Å². The maximum atomic E-state index is 4.61. The molecule has 0 fully saturated rings. The molecule has 4 heteroatoms. The normalized spacial score (nSPS) is 15.5. The Balaban J connectivity index is 1.79. The smallest absolute Gasteiger partial charge is 0.0990 e. The molecule has 21 heavy (non-hydrogen) atoms. The molecule has 2 aromatic heterocycles. The number of rotatable bonds is 3. The lowest BCUT2D eigenvalue weighted by Crippen LogP contribution is -2.31. The van der Waals surface area contributed by atoms with Crippen LogP contribution in [0.5, 0.6) is 0 Å². The molecule has 1 aliphatic rings. The lowest BCUT2D eigenvalue weighted by Gasteiger charge is -2.26. The second-order valence-electron chi connectivity index (χ2n) is 5.80. The van der Waals surface area contributed by atoms with E-state index in [4.69, 9.17) is 0 Å². The maximum Gasteiger partial charge on any atom is 0.0990 e. The Morgan fingerprint density at radius 1 is 1.29 bits per heavy atom. The summed E-state index contributed by atoms with van der Waals surface area (Å²) in [7, 11) is 0. The molecule has 1 aliphatic heterocycles. The zero-order chi connectivity index (χ0) is 14.2. The maximum absolute atomic E-state index is 4.61. The first-order valence-corrected chi connectivity index (χ1v) is 7.71. The van der Waals surface area contributed by atoms with Gasteiger partial charge < -0.3 is 4.98 Å². The number of aromatic amines is 2. The van der Waals surface area contributed by atoms with Crippen LogP contribution in [0.3, 0.4) is 0 Å². The Hall–Kier alpha value is -2.07. The Morgan fingerprint density at radius 3 is 3.10 bits per heavy atom. The van der Waals surface area contributed by atoms with Crippen LogP contribution in [0.1, 0.15) is 24.6 Å². The van der Waals surface area contributed by atoms with Gasteiger partial charge in [0.05, 0.1) is 5.69 Å². The van der Waals surface area contributed by atoms with Gasteiger partial charge in [0.25, 0.3) is 0 Å². The van der Waals surface area contributed by atoms with E-state index in [1.54, 1.807) is 0 Å². The predicted molar refractivity (Wildman–Crippen MR) is 85.2 cm³/mol. The fourth-order valence-corrected chi connectivity index (χ4v) is 3.35. The Kier molecular flexibility index (Phi) is 3.04. The molecule has 0 atom stereocenters. The van der Waals surface area contributed by atoms with Crippen molar-refractivity contribution in [3.63, 3.8) is 0 Å². The van der Waals surface area contributed by atoms with E-state index in [0.717, 1.165) is 31.7 Å². The van der Waals surface area contributed by atoms with Crippen LogP contribution in [0.2, 0.25) is 0 Å². The van der Waals surface area contributed by atoms with E-state index in [1.807, 2.05) is 0 Å². The molecular weight excluding hydrogens is 260 g/mol. The largest absolute Gasteiger partial charge is 0.360 e. The molecule has 3 aromatic rings. The van der Waals surface area contributed by atoms with Gasteiger partial charge in [0.1, 0.15) is 0 Å². The van der Waals surface area contributed by atoms with Gasteiger partial charge in [-0.1, -0.05) is 25.1 Å². The number of hydrogen-bond acceptors (Lipinski definition) is 2. The van der Waals surface area contributed by atoms with Gasteiger partial charge in [0, 0.05) is 53.4 Å². The summed E-state index contributed by atoms with van der Waals surface area (Å²) in [6.45, 7) is 5.55. The van der Waals surface area contributed by atoms with E-state index in [0.29, 0.717) is 0 Å². The standard InChI is InChI=1S/C17H20N4/c1-2-8-21-9-7-16-14(11-21)17(20-19-16)13-10-18-15-6-4-3-5-12(13)15/h3-6,10,18H,2,7-9,11H2,1H3,(H,19,20). The highest BCUT2D eigenvalue weighted by molar-refractivity contribution is 5.95. The van der Waals surface area contributed by atoms with Crippen molar-refractivity contribution in [2.24, 2.45) is 0 Å². The van der Waals surface area contributed by atoms with Gasteiger partial charge in [-0.2, -0.15) is 5.10 Å². The fourth-order valence-electron chi connectivity index (χ4n) is 3.35. The number of para-hydroxylation sites is 1. The fraction of sp³-hybridized carbons (Fsp3) is 0.353. The number of H-pyrrole nitrogens is 2. The molecule has 0 aliphatic carbocycles. The highest BCUT2D eigenvalue weighted by Gasteiger charge is 2.23. The van der Waals surface area contributed by atoms with Gasteiger partial charge in [-0.25, -0.2) is 0 Å². The number of aromatic nitrogens is 3. The molecule has 0 saturated carbocycles. The first-order chi connectivity index (χ1) is 10.4. The number of nitrogens with zero attached hydrogens (tertiary/aromatic N) is 2. The Labute approximate surface area is 124 Å². The Morgan fingerprint density at radius 2 is 2.19 bits per heavy atom. The van der Waals surface area contributed by atoms with Crippen LogP contribution in [-0.4, -0.2) is 33.2 Å². The number of hydrogen-bond donors (Lipinski definition) is 2. The van der Waals surface area contributed by atoms with E-state index in [9.17, 15) is 0 Å². The molecule has 0 saturated heterocycles. The molecule has 4 rings (SSSR count). The van der Waals surface area contributed by atoms with Crippen molar-refractivity contribution in [3.8, 4) is 11.3 Å². The summed E-state index contributed by atoms with van der Waals surface area (Å²) in [6.07, 6.45) is 4.36. The minimum atomic E-state index is 1.01. The third-order valence-electron chi connectivity index (χ3n) is 4.40. The van der Waals surface area contributed by atoms with E-state index >= 15 is 0 Å². The topological polar surface area (TPSA) is 47.7 Å². The predicted octanol–water partition coefficient (Wildman–Crippen LogP) is 3.33. The molecule has 2 N–H and O–H groups in total. The molecule has 3 heterocycles. The van der Waals surface area contributed by atoms with Crippen molar-refractivity contribution in [2.75, 3.05) is 13.1 Å². The number of benzene rings is 1. The van der Waals surface area contributed by atoms with Crippen molar-refractivity contribution < 1.29 is 0 Å². The summed E-state index contributed by atoms with van der Waals surface area (Å²) in [5.41, 5.74) is 6.18. The molecular formula is C17H20N4. The van der Waals surface area contributed by atoms with Gasteiger partial charge in [-0.05, 0) is 19.0 Å². The van der Waals surface area contributed by atoms with Crippen LogP contribution in [0.25, 0.3) is 22.2 Å². The number of fused-ring (bicyclic) bond motifs is 2. The van der Waals surface area contributed by atoms with Crippen LogP contribution in [-0.2, 0) is 13.0 Å². The summed E-state index contributed by atoms with van der Waals surface area (Å²) < 4.78 is 0. The Bertz CT molecular complexity index is 768. The lowest BCUT2D eigenvalue weighted by molar-refractivity contribution is 0.254. The lowest BCUT2D eigenvalue weighted by atomic mass is 10.0. The minimum Gasteiger partial charge on any atom is -0.360 e. The second-order valence-corrected chi connectivity index (χ2v) is 5.80. The summed E-state index contributed by atoms with van der Waals surface area (Å²) in [5.74, 6) is 0. The number of nitrogens with one attached hydrogen (secondary N) is 2. The van der Waals surface area contributed by atoms with Crippen molar-refractivity contribution in [1.82, 2.24) is 20.1 Å². The van der Waals surface area contributed by atoms with Crippen LogP contribution in [0.4, 0.5) is 0 Å². The summed E-state index contributed by atoms with van der Waals surface area (Å²) in [6, 6.07) is 8.42. The quantitative estimate of drug-likeness (QED) is 0.773. The summed E-state index contributed by atoms with van der Waals surface area (Å²) in [5, 5.41) is 9.11. The first-order valence-electron chi connectivity index (χ1n) is 7.71. The minimum absolute atomic E-state index is 1.01. The average Bonchev–Trinajstić information content (AvgIpc) is 3.10. The highest BCUT2D eigenvalue weighted by Crippen LogP contribution is 2.33. The molecule has 0 spiro atoms. The second kappa shape index (κ2) is 5.04. The molecule has 108 valence electrons. The summed E-state index contributed by atoms with van der Waals surface area (Å²) in [4.78, 5) is 5.88. The van der Waals surface area contributed by atoms with Gasteiger partial charge in [0.2, 0.25) is 0 Å². The van der Waals surface area contributed by atoms with Gasteiger partial charge in [0.15, 0.2) is 0 Å². The first kappa shape index (κ1) is 12.7. The molecule has 1 aromatic carbocycles. The van der Waals surface area contributed by atoms with Crippen LogP contribution in [0, 0.1) is 0 Å². The molecule has 0 bridgehead atoms. The summed E-state index contributed by atoms with van der Waals surface area (Å²) >= 11 is 0. The van der Waals surface area contributed by atoms with Crippen molar-refractivity contribution in [1.29, 1.82) is 0 Å². The van der Waals surface area contributed by atoms with E-state index in [2.05, 4.69) is 57.5 Å². The van der Waals surface area contributed by atoms with Crippen molar-refractivity contribution in [2.45, 2.75) is 26.3 Å². The molecule has 0 radical (unpaired) electrons. The van der Waals surface area contributed by atoms with Crippen LogP contribution < -0.4 is 0 Å². The SMILES string of the molecule is CCCN1CCc2[nH]nc(-c3c[nH]c4ccccc34)c2C1. The molecule has 0 amide bonds. The third kappa shape index (κ3) is 2.07. The average molecular weight is 280 g/mol. The van der Waals surface area contributed by atoms with E-state index in [-0.39, 0.29) is 0 Å².